The number of nitrogens with zero attached hydrogens (tertiary/aromatic N) is 5. The van der Waals surface area contributed by atoms with Crippen molar-refractivity contribution in [2.75, 3.05) is 54.5 Å². The number of hydrogen-bond acceptors (Lipinski definition) is 4. The molecule has 0 fully saturated rings. The lowest BCUT2D eigenvalue weighted by Crippen LogP contribution is -2.42. The number of nitrogens with one attached hydrogen (secondary N) is 1. The number of guanidine groups is 1. The number of aliphatic imine (C=N–C) groups is 1. The van der Waals surface area contributed by atoms with Gasteiger partial charge in [-0.1, -0.05) is 13.8 Å². The van der Waals surface area contributed by atoms with Gasteiger partial charge in [-0.2, -0.15) is 5.10 Å². The molecule has 0 aliphatic carbocycles. The summed E-state index contributed by atoms with van der Waals surface area (Å²) < 4.78 is 6.98. The van der Waals surface area contributed by atoms with Crippen LogP contribution in [0.5, 0.6) is 0 Å². The van der Waals surface area contributed by atoms with Gasteiger partial charge in [-0.3, -0.25) is 9.67 Å². The lowest BCUT2D eigenvalue weighted by Gasteiger charge is -2.23. The van der Waals surface area contributed by atoms with Crippen LogP contribution in [0.1, 0.15) is 31.0 Å². The number of aryl methyl sites for hydroxylation is 1. The Morgan fingerprint density at radius 1 is 1.36 bits per heavy atom. The quantitative estimate of drug-likeness (QED) is 0.342. The van der Waals surface area contributed by atoms with Gasteiger partial charge in [-0.25, -0.2) is 0 Å². The van der Waals surface area contributed by atoms with E-state index in [0.29, 0.717) is 5.92 Å². The minimum atomic E-state index is 0. The van der Waals surface area contributed by atoms with Gasteiger partial charge in [0.05, 0.1) is 12.3 Å². The van der Waals surface area contributed by atoms with E-state index >= 15 is 0 Å². The lowest BCUT2D eigenvalue weighted by atomic mass is 10.1. The first-order chi connectivity index (χ1) is 11.4. The van der Waals surface area contributed by atoms with Crippen LogP contribution in [0.4, 0.5) is 0 Å². The van der Waals surface area contributed by atoms with Crippen LogP contribution in [0.2, 0.25) is 0 Å². The van der Waals surface area contributed by atoms with Crippen LogP contribution < -0.4 is 5.32 Å². The second-order valence-corrected chi connectivity index (χ2v) is 6.49. The molecule has 0 aliphatic heterocycles. The number of methoxy groups -OCH3 is 1. The molecule has 146 valence electrons. The summed E-state index contributed by atoms with van der Waals surface area (Å²) >= 11 is 0. The van der Waals surface area contributed by atoms with Crippen LogP contribution in [0.25, 0.3) is 0 Å². The standard InChI is InChI=1S/C17H34N6O.HI/c1-14(2)16-15(13-23(6)20-16)12-22(5)17(18-3)19-8-9-21(4)10-11-24-7;/h13-14H,8-12H2,1-7H3,(H,18,19);1H. The van der Waals surface area contributed by atoms with Crippen molar-refractivity contribution in [1.29, 1.82) is 0 Å². The van der Waals surface area contributed by atoms with Crippen LogP contribution in [-0.4, -0.2) is 80.0 Å². The fraction of sp³-hybridized carbons (Fsp3) is 0.765. The molecule has 7 nitrogen and oxygen atoms in total. The third kappa shape index (κ3) is 8.37. The molecule has 0 aliphatic rings. The number of likely N-dealkylation sites (N-methyl/N-ethyl adjacent to an activating group) is 1. The summed E-state index contributed by atoms with van der Waals surface area (Å²) in [5, 5.41) is 7.99. The second-order valence-electron chi connectivity index (χ2n) is 6.49. The minimum absolute atomic E-state index is 0. The van der Waals surface area contributed by atoms with Crippen LogP contribution >= 0.6 is 24.0 Å². The zero-order chi connectivity index (χ0) is 18.1. The van der Waals surface area contributed by atoms with Crippen LogP contribution in [0.3, 0.4) is 0 Å². The smallest absolute Gasteiger partial charge is 0.193 e. The first-order valence-corrected chi connectivity index (χ1v) is 8.50. The Morgan fingerprint density at radius 3 is 2.60 bits per heavy atom. The van der Waals surface area contributed by atoms with Gasteiger partial charge in [0.25, 0.3) is 0 Å². The molecule has 0 radical (unpaired) electrons. The van der Waals surface area contributed by atoms with Crippen molar-refractivity contribution in [1.82, 2.24) is 24.9 Å². The largest absolute Gasteiger partial charge is 0.383 e. The van der Waals surface area contributed by atoms with Gasteiger partial charge >= 0.3 is 0 Å². The third-order valence-electron chi connectivity index (χ3n) is 3.92. The molecule has 25 heavy (non-hydrogen) atoms. The fourth-order valence-corrected chi connectivity index (χ4v) is 2.60. The lowest BCUT2D eigenvalue weighted by molar-refractivity contribution is 0.162. The Labute approximate surface area is 169 Å². The highest BCUT2D eigenvalue weighted by atomic mass is 127. The normalized spacial score (nSPS) is 11.8. The van der Waals surface area contributed by atoms with Crippen LogP contribution in [0.15, 0.2) is 11.2 Å². The molecule has 1 aromatic heterocycles. The van der Waals surface area contributed by atoms with E-state index in [0.717, 1.165) is 44.4 Å². The van der Waals surface area contributed by atoms with E-state index in [-0.39, 0.29) is 24.0 Å². The van der Waals surface area contributed by atoms with Crippen molar-refractivity contribution in [2.24, 2.45) is 12.0 Å². The third-order valence-corrected chi connectivity index (χ3v) is 3.92. The van der Waals surface area contributed by atoms with E-state index in [1.54, 1.807) is 7.11 Å². The Morgan fingerprint density at radius 2 is 2.04 bits per heavy atom. The predicted molar refractivity (Wildman–Crippen MR) is 115 cm³/mol. The summed E-state index contributed by atoms with van der Waals surface area (Å²) in [6, 6.07) is 0. The van der Waals surface area contributed by atoms with Gasteiger partial charge < -0.3 is 19.9 Å². The SMILES string of the molecule is CN=C(NCCN(C)CCOC)N(C)Cc1cn(C)nc1C(C)C.I. The highest BCUT2D eigenvalue weighted by Crippen LogP contribution is 2.18. The summed E-state index contributed by atoms with van der Waals surface area (Å²) in [5.41, 5.74) is 2.40. The Hall–Kier alpha value is -0.870. The van der Waals surface area contributed by atoms with Crippen LogP contribution in [0, 0.1) is 0 Å². The number of ether oxygens (including phenoxy) is 1. The Bertz CT molecular complexity index is 517. The van der Waals surface area contributed by atoms with Gasteiger partial charge in [0.15, 0.2) is 5.96 Å². The molecular weight excluding hydrogens is 431 g/mol. The van der Waals surface area contributed by atoms with Gasteiger partial charge in [0.2, 0.25) is 0 Å². The molecule has 1 N–H and O–H groups in total. The number of halogens is 1. The van der Waals surface area contributed by atoms with E-state index in [2.05, 4.69) is 59.3 Å². The summed E-state index contributed by atoms with van der Waals surface area (Å²) in [5.74, 6) is 1.31. The molecule has 0 spiro atoms. The van der Waals surface area contributed by atoms with Crippen molar-refractivity contribution >= 4 is 29.9 Å². The van der Waals surface area contributed by atoms with Gasteiger partial charge in [-0.15, -0.1) is 24.0 Å². The zero-order valence-electron chi connectivity index (χ0n) is 16.7. The highest BCUT2D eigenvalue weighted by Gasteiger charge is 2.15. The molecule has 0 aromatic carbocycles. The monoisotopic (exact) mass is 466 g/mol. The van der Waals surface area contributed by atoms with Crippen molar-refractivity contribution in [3.8, 4) is 0 Å². The average molecular weight is 466 g/mol. The maximum absolute atomic E-state index is 5.10. The molecule has 0 atom stereocenters. The van der Waals surface area contributed by atoms with E-state index < -0.39 is 0 Å². The number of hydrogen-bond donors (Lipinski definition) is 1. The van der Waals surface area contributed by atoms with Crippen molar-refractivity contribution in [3.05, 3.63) is 17.5 Å². The van der Waals surface area contributed by atoms with Gasteiger partial charge in [-0.05, 0) is 13.0 Å². The molecule has 1 rings (SSSR count). The molecule has 0 bridgehead atoms. The van der Waals surface area contributed by atoms with E-state index in [1.807, 2.05) is 18.8 Å². The first-order valence-electron chi connectivity index (χ1n) is 8.50. The van der Waals surface area contributed by atoms with Crippen molar-refractivity contribution in [2.45, 2.75) is 26.3 Å². The molecule has 0 amide bonds. The molecule has 1 heterocycles. The maximum atomic E-state index is 5.10. The van der Waals surface area contributed by atoms with Gasteiger partial charge in [0.1, 0.15) is 0 Å². The summed E-state index contributed by atoms with van der Waals surface area (Å²) in [6.07, 6.45) is 2.09. The van der Waals surface area contributed by atoms with Crippen LogP contribution in [-0.2, 0) is 18.3 Å². The average Bonchev–Trinajstić information content (AvgIpc) is 2.90. The molecular formula is C17H35IN6O. The minimum Gasteiger partial charge on any atom is -0.383 e. The predicted octanol–water partition coefficient (Wildman–Crippen LogP) is 1.75. The molecule has 0 saturated carbocycles. The van der Waals surface area contributed by atoms with Gasteiger partial charge in [0, 0.05) is 66.2 Å². The maximum Gasteiger partial charge on any atom is 0.193 e. The topological polar surface area (TPSA) is 57.9 Å². The molecule has 0 saturated heterocycles. The summed E-state index contributed by atoms with van der Waals surface area (Å²) in [6.45, 7) is 8.62. The molecule has 8 heteroatoms. The van der Waals surface area contributed by atoms with E-state index in [1.165, 1.54) is 5.56 Å². The number of rotatable bonds is 9. The van der Waals surface area contributed by atoms with Crippen molar-refractivity contribution in [3.63, 3.8) is 0 Å². The fourth-order valence-electron chi connectivity index (χ4n) is 2.60. The van der Waals surface area contributed by atoms with Crippen molar-refractivity contribution < 1.29 is 4.74 Å². The Balaban J connectivity index is 0.00000576. The van der Waals surface area contributed by atoms with E-state index in [9.17, 15) is 0 Å². The first kappa shape index (κ1) is 24.1. The molecule has 1 aromatic rings. The number of aromatic nitrogens is 2. The summed E-state index contributed by atoms with van der Waals surface area (Å²) in [7, 11) is 9.67. The Kier molecular flexibility index (Phi) is 12.0. The second kappa shape index (κ2) is 12.5. The van der Waals surface area contributed by atoms with E-state index in [4.69, 9.17) is 4.74 Å². The molecule has 0 unspecified atom stereocenters. The highest BCUT2D eigenvalue weighted by molar-refractivity contribution is 14.0. The zero-order valence-corrected chi connectivity index (χ0v) is 19.1. The summed E-state index contributed by atoms with van der Waals surface area (Å²) in [4.78, 5) is 8.76.